The molecule has 2 aromatic rings. The summed E-state index contributed by atoms with van der Waals surface area (Å²) >= 11 is 13.8. The summed E-state index contributed by atoms with van der Waals surface area (Å²) in [6, 6.07) is 10.2. The van der Waals surface area contributed by atoms with Crippen LogP contribution in [0.25, 0.3) is 0 Å². The molecule has 24 heavy (non-hydrogen) atoms. The van der Waals surface area contributed by atoms with Crippen molar-refractivity contribution in [2.45, 2.75) is 25.3 Å². The van der Waals surface area contributed by atoms with Crippen molar-refractivity contribution in [1.82, 2.24) is 5.32 Å². The first-order valence-corrected chi connectivity index (χ1v) is 9.85. The molecular weight excluding hydrogens is 363 g/mol. The minimum atomic E-state index is 0.110. The summed E-state index contributed by atoms with van der Waals surface area (Å²) in [6.07, 6.45) is 3.07. The average molecular weight is 384 g/mol. The monoisotopic (exact) mass is 383 g/mol. The molecule has 1 fully saturated rings. The second kappa shape index (κ2) is 8.34. The quantitative estimate of drug-likeness (QED) is 0.789. The first-order valence-electron chi connectivity index (χ1n) is 8.22. The molecule has 1 aliphatic heterocycles. The molecule has 1 aromatic heterocycles. The van der Waals surface area contributed by atoms with E-state index in [1.54, 1.807) is 17.4 Å². The molecule has 0 radical (unpaired) electrons. The van der Waals surface area contributed by atoms with Gasteiger partial charge in [0.05, 0.1) is 11.4 Å². The van der Waals surface area contributed by atoms with E-state index in [-0.39, 0.29) is 5.91 Å². The lowest BCUT2D eigenvalue weighted by atomic mass is 10.1. The number of quaternary nitrogens is 1. The summed E-state index contributed by atoms with van der Waals surface area (Å²) in [5.41, 5.74) is 1.01. The van der Waals surface area contributed by atoms with Crippen LogP contribution in [0.5, 0.6) is 0 Å². The maximum atomic E-state index is 12.3. The van der Waals surface area contributed by atoms with Crippen molar-refractivity contribution < 1.29 is 9.69 Å². The number of likely N-dealkylation sites (tertiary alicyclic amines) is 1. The SMILES string of the molecule is O=C(C[NH+]1CCC[C@@H]1c1cccs1)NCCc1ccc(Cl)cc1Cl. The van der Waals surface area contributed by atoms with Gasteiger partial charge in [-0.15, -0.1) is 11.3 Å². The Morgan fingerprint density at radius 2 is 2.21 bits per heavy atom. The van der Waals surface area contributed by atoms with E-state index in [1.165, 1.54) is 22.6 Å². The lowest BCUT2D eigenvalue weighted by molar-refractivity contribution is -0.910. The third-order valence-corrected chi connectivity index (χ3v) is 6.06. The van der Waals surface area contributed by atoms with Gasteiger partial charge < -0.3 is 10.2 Å². The topological polar surface area (TPSA) is 33.5 Å². The number of amides is 1. The summed E-state index contributed by atoms with van der Waals surface area (Å²) in [5.74, 6) is 0.110. The average Bonchev–Trinajstić information content (AvgIpc) is 3.20. The van der Waals surface area contributed by atoms with Gasteiger partial charge in [-0.3, -0.25) is 4.79 Å². The highest BCUT2D eigenvalue weighted by atomic mass is 35.5. The second-order valence-corrected chi connectivity index (χ2v) is 7.95. The predicted octanol–water partition coefficient (Wildman–Crippen LogP) is 3.13. The minimum Gasteiger partial charge on any atom is -0.351 e. The number of hydrogen-bond acceptors (Lipinski definition) is 2. The van der Waals surface area contributed by atoms with Crippen LogP contribution >= 0.6 is 34.5 Å². The molecule has 0 saturated carbocycles. The van der Waals surface area contributed by atoms with E-state index < -0.39 is 0 Å². The van der Waals surface area contributed by atoms with E-state index in [4.69, 9.17) is 23.2 Å². The third kappa shape index (κ3) is 4.51. The summed E-state index contributed by atoms with van der Waals surface area (Å²) < 4.78 is 0. The van der Waals surface area contributed by atoms with E-state index in [9.17, 15) is 4.79 Å². The highest BCUT2D eigenvalue weighted by molar-refractivity contribution is 7.10. The van der Waals surface area contributed by atoms with Gasteiger partial charge >= 0.3 is 0 Å². The first-order chi connectivity index (χ1) is 11.6. The molecule has 2 N–H and O–H groups in total. The molecular formula is C18H21Cl2N2OS+. The number of carbonyl (C=O) groups excluding carboxylic acids is 1. The number of benzene rings is 1. The summed E-state index contributed by atoms with van der Waals surface area (Å²) in [5, 5.41) is 6.41. The summed E-state index contributed by atoms with van der Waals surface area (Å²) in [7, 11) is 0. The Hall–Kier alpha value is -1.07. The molecule has 3 nitrogen and oxygen atoms in total. The van der Waals surface area contributed by atoms with Crippen molar-refractivity contribution in [2.75, 3.05) is 19.6 Å². The molecule has 6 heteroatoms. The Labute approximate surface area is 156 Å². The van der Waals surface area contributed by atoms with Crippen LogP contribution < -0.4 is 10.2 Å². The molecule has 1 unspecified atom stereocenters. The van der Waals surface area contributed by atoms with E-state index in [2.05, 4.69) is 22.8 Å². The fourth-order valence-corrected chi connectivity index (χ4v) is 4.71. The Morgan fingerprint density at radius 3 is 2.96 bits per heavy atom. The molecule has 0 aliphatic carbocycles. The first kappa shape index (κ1) is 17.7. The highest BCUT2D eigenvalue weighted by Crippen LogP contribution is 2.23. The summed E-state index contributed by atoms with van der Waals surface area (Å²) in [6.45, 7) is 2.20. The minimum absolute atomic E-state index is 0.110. The number of carbonyl (C=O) groups is 1. The van der Waals surface area contributed by atoms with Crippen LogP contribution in [0, 0.1) is 0 Å². The number of nitrogens with one attached hydrogen (secondary N) is 2. The van der Waals surface area contributed by atoms with Crippen molar-refractivity contribution in [3.05, 3.63) is 56.2 Å². The second-order valence-electron chi connectivity index (χ2n) is 6.13. The Morgan fingerprint density at radius 1 is 1.33 bits per heavy atom. The van der Waals surface area contributed by atoms with Crippen molar-refractivity contribution in [3.63, 3.8) is 0 Å². The fourth-order valence-electron chi connectivity index (χ4n) is 3.29. The fraction of sp³-hybridized carbons (Fsp3) is 0.389. The molecule has 1 amide bonds. The smallest absolute Gasteiger partial charge is 0.275 e. The van der Waals surface area contributed by atoms with Gasteiger partial charge in [-0.05, 0) is 35.6 Å². The van der Waals surface area contributed by atoms with Crippen molar-refractivity contribution >= 4 is 40.4 Å². The van der Waals surface area contributed by atoms with Crippen molar-refractivity contribution in [3.8, 4) is 0 Å². The molecule has 1 aromatic carbocycles. The molecule has 2 heterocycles. The third-order valence-electron chi connectivity index (χ3n) is 4.49. The van der Waals surface area contributed by atoms with Crippen LogP contribution in [0.4, 0.5) is 0 Å². The largest absolute Gasteiger partial charge is 0.351 e. The number of thiophene rings is 1. The normalized spacial score (nSPS) is 20.2. The summed E-state index contributed by atoms with van der Waals surface area (Å²) in [4.78, 5) is 15.0. The van der Waals surface area contributed by atoms with E-state index in [1.807, 2.05) is 12.1 Å². The van der Waals surface area contributed by atoms with Crippen LogP contribution in [0.2, 0.25) is 10.0 Å². The maximum absolute atomic E-state index is 12.3. The van der Waals surface area contributed by atoms with E-state index >= 15 is 0 Å². The van der Waals surface area contributed by atoms with Gasteiger partial charge in [-0.2, -0.15) is 0 Å². The van der Waals surface area contributed by atoms with Gasteiger partial charge in [0.2, 0.25) is 0 Å². The van der Waals surface area contributed by atoms with Gasteiger partial charge in [0.25, 0.3) is 5.91 Å². The predicted molar refractivity (Wildman–Crippen MR) is 100 cm³/mol. The Bertz CT molecular complexity index is 690. The number of rotatable bonds is 6. The van der Waals surface area contributed by atoms with E-state index in [0.717, 1.165) is 12.1 Å². The molecule has 2 atom stereocenters. The zero-order valence-electron chi connectivity index (χ0n) is 13.4. The molecule has 1 aliphatic rings. The van der Waals surface area contributed by atoms with Gasteiger partial charge in [-0.25, -0.2) is 0 Å². The van der Waals surface area contributed by atoms with Gasteiger partial charge in [0.1, 0.15) is 6.04 Å². The van der Waals surface area contributed by atoms with Crippen LogP contribution in [0.15, 0.2) is 35.7 Å². The maximum Gasteiger partial charge on any atom is 0.275 e. The molecule has 1 saturated heterocycles. The van der Waals surface area contributed by atoms with Crippen LogP contribution in [-0.2, 0) is 11.2 Å². The van der Waals surface area contributed by atoms with Crippen LogP contribution in [0.1, 0.15) is 29.3 Å². The zero-order valence-corrected chi connectivity index (χ0v) is 15.7. The zero-order chi connectivity index (χ0) is 16.9. The van der Waals surface area contributed by atoms with Crippen LogP contribution in [-0.4, -0.2) is 25.5 Å². The Balaban J connectivity index is 1.47. The molecule has 0 bridgehead atoms. The standard InChI is InChI=1S/C18H20Cl2N2OS/c19-14-6-5-13(15(20)11-14)7-8-21-18(23)12-22-9-1-3-16(22)17-4-2-10-24-17/h2,4-6,10-11,16H,1,3,7-9,12H2,(H,21,23)/p+1/t16-/m1/s1. The number of halogens is 2. The van der Waals surface area contributed by atoms with Gasteiger partial charge in [0.15, 0.2) is 6.54 Å². The van der Waals surface area contributed by atoms with Gasteiger partial charge in [0, 0.05) is 29.4 Å². The highest BCUT2D eigenvalue weighted by Gasteiger charge is 2.32. The van der Waals surface area contributed by atoms with Crippen molar-refractivity contribution in [2.24, 2.45) is 0 Å². The van der Waals surface area contributed by atoms with Crippen LogP contribution in [0.3, 0.4) is 0 Å². The number of hydrogen-bond donors (Lipinski definition) is 2. The van der Waals surface area contributed by atoms with Crippen molar-refractivity contribution in [1.29, 1.82) is 0 Å². The lowest BCUT2D eigenvalue weighted by Gasteiger charge is -2.20. The van der Waals surface area contributed by atoms with E-state index in [0.29, 0.717) is 35.6 Å². The Kier molecular flexibility index (Phi) is 6.17. The molecule has 3 rings (SSSR count). The molecule has 0 spiro atoms. The lowest BCUT2D eigenvalue weighted by Crippen LogP contribution is -3.11. The molecule has 128 valence electrons. The van der Waals surface area contributed by atoms with Gasteiger partial charge in [-0.1, -0.05) is 35.3 Å².